The summed E-state index contributed by atoms with van der Waals surface area (Å²) in [5, 5.41) is 4.63. The number of hydrogen-bond acceptors (Lipinski definition) is 4. The molecule has 84 valence electrons. The highest BCUT2D eigenvalue weighted by molar-refractivity contribution is 7.17. The molecule has 5 heteroatoms. The molecule has 1 aromatic rings. The predicted octanol–water partition coefficient (Wildman–Crippen LogP) is 2.48. The second-order valence-electron chi connectivity index (χ2n) is 3.48. The molecule has 0 aliphatic rings. The zero-order chi connectivity index (χ0) is 11.4. The molecule has 1 aromatic heterocycles. The smallest absolute Gasteiger partial charge is 0.186 e. The maximum absolute atomic E-state index is 6.02. The second kappa shape index (κ2) is 5.49. The van der Waals surface area contributed by atoms with Crippen LogP contribution in [0.25, 0.3) is 6.08 Å². The van der Waals surface area contributed by atoms with Crippen molar-refractivity contribution in [2.24, 2.45) is 0 Å². The van der Waals surface area contributed by atoms with Gasteiger partial charge in [-0.15, -0.1) is 0 Å². The Bertz CT molecular complexity index is 346. The minimum absolute atomic E-state index is 0.339. The third-order valence-corrected chi connectivity index (χ3v) is 3.56. The highest BCUT2D eigenvalue weighted by atomic mass is 35.5. The van der Waals surface area contributed by atoms with Crippen LogP contribution in [0.2, 0.25) is 5.15 Å². The molecule has 0 aliphatic carbocycles. The first kappa shape index (κ1) is 12.5. The molecule has 0 saturated carbocycles. The summed E-state index contributed by atoms with van der Waals surface area (Å²) < 4.78 is 0. The summed E-state index contributed by atoms with van der Waals surface area (Å²) in [6, 6.07) is 0.339. The van der Waals surface area contributed by atoms with Gasteiger partial charge in [0.25, 0.3) is 0 Å². The monoisotopic (exact) mass is 245 g/mol. The Balaban J connectivity index is 2.81. The van der Waals surface area contributed by atoms with Crippen LogP contribution in [-0.4, -0.2) is 32.2 Å². The van der Waals surface area contributed by atoms with Crippen LogP contribution in [0, 0.1) is 0 Å². The molecule has 0 saturated heterocycles. The van der Waals surface area contributed by atoms with Crippen molar-refractivity contribution < 1.29 is 0 Å². The van der Waals surface area contributed by atoms with E-state index in [0.29, 0.717) is 11.2 Å². The second-order valence-corrected chi connectivity index (χ2v) is 4.85. The highest BCUT2D eigenvalue weighted by Crippen LogP contribution is 2.29. The molecule has 1 N–H and O–H groups in total. The molecule has 0 fully saturated rings. The van der Waals surface area contributed by atoms with Gasteiger partial charge in [0.05, 0.1) is 4.88 Å². The van der Waals surface area contributed by atoms with Gasteiger partial charge < -0.3 is 10.2 Å². The Labute approximate surface area is 99.8 Å². The van der Waals surface area contributed by atoms with Crippen LogP contribution in [-0.2, 0) is 0 Å². The number of hydrogen-bond donors (Lipinski definition) is 1. The van der Waals surface area contributed by atoms with Crippen molar-refractivity contribution >= 4 is 34.1 Å². The first-order chi connectivity index (χ1) is 7.04. The molecule has 0 aliphatic heterocycles. The maximum atomic E-state index is 6.02. The van der Waals surface area contributed by atoms with E-state index < -0.39 is 0 Å². The van der Waals surface area contributed by atoms with Gasteiger partial charge in [0.2, 0.25) is 0 Å². The van der Waals surface area contributed by atoms with E-state index in [0.717, 1.165) is 10.0 Å². The van der Waals surface area contributed by atoms with E-state index in [-0.39, 0.29) is 0 Å². The minimum Gasteiger partial charge on any atom is -0.354 e. The lowest BCUT2D eigenvalue weighted by atomic mass is 10.3. The van der Waals surface area contributed by atoms with Crippen molar-refractivity contribution in [3.05, 3.63) is 16.1 Å². The van der Waals surface area contributed by atoms with E-state index in [1.165, 1.54) is 0 Å². The number of aromatic nitrogens is 1. The van der Waals surface area contributed by atoms with Crippen molar-refractivity contribution in [3.63, 3.8) is 0 Å². The lowest BCUT2D eigenvalue weighted by Gasteiger charge is -2.04. The Morgan fingerprint density at radius 2 is 2.20 bits per heavy atom. The molecule has 1 heterocycles. The highest BCUT2D eigenvalue weighted by Gasteiger charge is 2.07. The van der Waals surface area contributed by atoms with Crippen molar-refractivity contribution in [3.8, 4) is 0 Å². The van der Waals surface area contributed by atoms with E-state index in [2.05, 4.69) is 23.3 Å². The van der Waals surface area contributed by atoms with Gasteiger partial charge >= 0.3 is 0 Å². The Morgan fingerprint density at radius 1 is 1.53 bits per heavy atom. The Kier molecular flexibility index (Phi) is 4.57. The predicted molar refractivity (Wildman–Crippen MR) is 69.0 cm³/mol. The van der Waals surface area contributed by atoms with Crippen LogP contribution >= 0.6 is 22.9 Å². The zero-order valence-corrected chi connectivity index (χ0v) is 11.0. The molecular formula is C10H16ClN3S. The summed E-state index contributed by atoms with van der Waals surface area (Å²) in [6.07, 6.45) is 4.08. The van der Waals surface area contributed by atoms with Gasteiger partial charge in [-0.05, 0) is 20.0 Å². The van der Waals surface area contributed by atoms with Gasteiger partial charge in [-0.25, -0.2) is 4.98 Å². The first-order valence-corrected chi connectivity index (χ1v) is 5.93. The summed E-state index contributed by atoms with van der Waals surface area (Å²) in [5.74, 6) is 0. The molecule has 1 unspecified atom stereocenters. The quantitative estimate of drug-likeness (QED) is 0.884. The topological polar surface area (TPSA) is 28.2 Å². The lowest BCUT2D eigenvalue weighted by molar-refractivity contribution is 0.732. The van der Waals surface area contributed by atoms with Crippen molar-refractivity contribution in [2.75, 3.05) is 26.0 Å². The molecule has 1 rings (SSSR count). The standard InChI is InChI=1S/C10H16ClN3S/c1-7(12-2)5-6-8-9(11)13-10(15-8)14(3)4/h5-7,12H,1-4H3/b6-5+. The number of halogens is 1. The van der Waals surface area contributed by atoms with Gasteiger partial charge in [-0.2, -0.15) is 0 Å². The molecule has 15 heavy (non-hydrogen) atoms. The molecule has 0 aromatic carbocycles. The number of rotatable bonds is 4. The van der Waals surface area contributed by atoms with Crippen LogP contribution in [0.15, 0.2) is 6.08 Å². The maximum Gasteiger partial charge on any atom is 0.186 e. The first-order valence-electron chi connectivity index (χ1n) is 4.73. The summed E-state index contributed by atoms with van der Waals surface area (Å²) in [4.78, 5) is 7.21. The number of anilines is 1. The number of thiazole rings is 1. The Hall–Kier alpha value is -0.580. The normalized spacial score (nSPS) is 13.4. The van der Waals surface area contributed by atoms with Gasteiger partial charge in [0.1, 0.15) is 5.15 Å². The van der Waals surface area contributed by atoms with E-state index >= 15 is 0 Å². The minimum atomic E-state index is 0.339. The van der Waals surface area contributed by atoms with Crippen molar-refractivity contribution in [2.45, 2.75) is 13.0 Å². The van der Waals surface area contributed by atoms with Crippen LogP contribution in [0.3, 0.4) is 0 Å². The number of likely N-dealkylation sites (N-methyl/N-ethyl adjacent to an activating group) is 1. The zero-order valence-electron chi connectivity index (χ0n) is 9.41. The van der Waals surface area contributed by atoms with Gasteiger partial charge in [0, 0.05) is 20.1 Å². The Morgan fingerprint density at radius 3 is 2.67 bits per heavy atom. The third kappa shape index (κ3) is 3.48. The van der Waals surface area contributed by atoms with Crippen molar-refractivity contribution in [1.82, 2.24) is 10.3 Å². The van der Waals surface area contributed by atoms with Crippen LogP contribution in [0.1, 0.15) is 11.8 Å². The summed E-state index contributed by atoms with van der Waals surface area (Å²) in [7, 11) is 5.84. The molecule has 1 atom stereocenters. The average Bonchev–Trinajstić information content (AvgIpc) is 2.56. The third-order valence-electron chi connectivity index (χ3n) is 1.97. The SMILES string of the molecule is CNC(C)/C=C/c1sc(N(C)C)nc1Cl. The van der Waals surface area contributed by atoms with Gasteiger partial charge in [-0.1, -0.05) is 29.0 Å². The van der Waals surface area contributed by atoms with E-state index in [9.17, 15) is 0 Å². The van der Waals surface area contributed by atoms with E-state index in [1.807, 2.05) is 32.1 Å². The molecule has 0 spiro atoms. The summed E-state index contributed by atoms with van der Waals surface area (Å²) in [6.45, 7) is 2.08. The molecule has 0 radical (unpaired) electrons. The number of nitrogens with zero attached hydrogens (tertiary/aromatic N) is 2. The van der Waals surface area contributed by atoms with Crippen molar-refractivity contribution in [1.29, 1.82) is 0 Å². The fourth-order valence-electron chi connectivity index (χ4n) is 0.924. The summed E-state index contributed by atoms with van der Waals surface area (Å²) >= 11 is 7.61. The number of nitrogens with one attached hydrogen (secondary N) is 1. The molecule has 0 amide bonds. The van der Waals surface area contributed by atoms with Crippen LogP contribution in [0.4, 0.5) is 5.13 Å². The van der Waals surface area contributed by atoms with Crippen LogP contribution in [0.5, 0.6) is 0 Å². The fourth-order valence-corrected chi connectivity index (χ4v) is 2.03. The fraction of sp³-hybridized carbons (Fsp3) is 0.500. The van der Waals surface area contributed by atoms with Gasteiger partial charge in [-0.3, -0.25) is 0 Å². The summed E-state index contributed by atoms with van der Waals surface area (Å²) in [5.41, 5.74) is 0. The van der Waals surface area contributed by atoms with E-state index in [1.54, 1.807) is 11.3 Å². The molecule has 3 nitrogen and oxygen atoms in total. The molecule has 0 bridgehead atoms. The molecular weight excluding hydrogens is 230 g/mol. The van der Waals surface area contributed by atoms with E-state index in [4.69, 9.17) is 11.6 Å². The largest absolute Gasteiger partial charge is 0.354 e. The van der Waals surface area contributed by atoms with Gasteiger partial charge in [0.15, 0.2) is 5.13 Å². The average molecular weight is 246 g/mol. The lowest BCUT2D eigenvalue weighted by Crippen LogP contribution is -2.17. The van der Waals surface area contributed by atoms with Crippen LogP contribution < -0.4 is 10.2 Å².